The number of fused-ring (bicyclic) bond motifs is 8. The monoisotopic (exact) mass is 646 g/mol. The Morgan fingerprint density at radius 1 is 0.612 bits per heavy atom. The Balaban J connectivity index is 1.16. The Morgan fingerprint density at radius 2 is 1.31 bits per heavy atom. The highest BCUT2D eigenvalue weighted by molar-refractivity contribution is 7.32. The molecule has 234 valence electrons. The molecule has 0 saturated carbocycles. The summed E-state index contributed by atoms with van der Waals surface area (Å²) < 4.78 is 2.88. The van der Waals surface area contributed by atoms with Gasteiger partial charge >= 0.3 is 0 Å². The SMILES string of the molecule is CC1(C)c2cccc3c2B(c2cc4c(cc2N3c2ccc3c(c2)CC3)CC4)c2sc3ccc(N(c4ccccc4)c4ccccc4)cc3c21. The molecule has 0 amide bonds. The van der Waals surface area contributed by atoms with Crippen molar-refractivity contribution in [2.24, 2.45) is 0 Å². The number of rotatable bonds is 4. The molecule has 0 saturated heterocycles. The van der Waals surface area contributed by atoms with Gasteiger partial charge in [-0.25, -0.2) is 0 Å². The van der Waals surface area contributed by atoms with Gasteiger partial charge in [-0.1, -0.05) is 74.5 Å². The first-order valence-corrected chi connectivity index (χ1v) is 18.5. The van der Waals surface area contributed by atoms with Gasteiger partial charge in [0.1, 0.15) is 0 Å². The van der Waals surface area contributed by atoms with Crippen molar-refractivity contribution in [1.29, 1.82) is 0 Å². The summed E-state index contributed by atoms with van der Waals surface area (Å²) in [6.07, 6.45) is 4.77. The van der Waals surface area contributed by atoms with Gasteiger partial charge in [-0.15, -0.1) is 11.3 Å². The molecule has 0 bridgehead atoms. The lowest BCUT2D eigenvalue weighted by Crippen LogP contribution is -2.63. The third kappa shape index (κ3) is 3.84. The van der Waals surface area contributed by atoms with E-state index in [0.29, 0.717) is 0 Å². The summed E-state index contributed by atoms with van der Waals surface area (Å²) in [7, 11) is 0. The van der Waals surface area contributed by atoms with Crippen LogP contribution in [0.4, 0.5) is 34.1 Å². The van der Waals surface area contributed by atoms with E-state index in [2.05, 4.69) is 151 Å². The molecule has 0 unspecified atom stereocenters. The van der Waals surface area contributed by atoms with Crippen LogP contribution in [0, 0.1) is 0 Å². The molecule has 2 aliphatic heterocycles. The average Bonchev–Trinajstić information content (AvgIpc) is 3.49. The van der Waals surface area contributed by atoms with E-state index in [4.69, 9.17) is 0 Å². The minimum absolute atomic E-state index is 0.165. The molecule has 0 N–H and O–H groups in total. The number of hydrogen-bond acceptors (Lipinski definition) is 3. The van der Waals surface area contributed by atoms with Gasteiger partial charge in [-0.3, -0.25) is 0 Å². The van der Waals surface area contributed by atoms with E-state index in [1.807, 2.05) is 11.3 Å². The van der Waals surface area contributed by atoms with Crippen LogP contribution in [-0.2, 0) is 31.1 Å². The summed E-state index contributed by atoms with van der Waals surface area (Å²) in [4.78, 5) is 5.00. The summed E-state index contributed by atoms with van der Waals surface area (Å²) >= 11 is 2.02. The van der Waals surface area contributed by atoms with Crippen molar-refractivity contribution in [1.82, 2.24) is 0 Å². The molecule has 3 heterocycles. The fraction of sp³-hybridized carbons (Fsp3) is 0.156. The number of benzene rings is 6. The lowest BCUT2D eigenvalue weighted by atomic mass is 9.32. The predicted molar refractivity (Wildman–Crippen MR) is 209 cm³/mol. The minimum Gasteiger partial charge on any atom is -0.311 e. The second kappa shape index (κ2) is 9.99. The number of nitrogens with zero attached hydrogens (tertiary/aromatic N) is 2. The lowest BCUT2D eigenvalue weighted by molar-refractivity contribution is 0.654. The summed E-state index contributed by atoms with van der Waals surface area (Å²) in [6, 6.07) is 48.2. The first-order chi connectivity index (χ1) is 24.0. The van der Waals surface area contributed by atoms with E-state index < -0.39 is 0 Å². The van der Waals surface area contributed by atoms with E-state index in [9.17, 15) is 0 Å². The number of hydrogen-bond donors (Lipinski definition) is 0. The molecule has 7 aromatic rings. The molecular formula is C45H35BN2S. The van der Waals surface area contributed by atoms with Crippen LogP contribution in [0.1, 0.15) is 47.2 Å². The van der Waals surface area contributed by atoms with Gasteiger partial charge in [0.25, 0.3) is 6.71 Å². The predicted octanol–water partition coefficient (Wildman–Crippen LogP) is 9.51. The van der Waals surface area contributed by atoms with Crippen molar-refractivity contribution in [2.45, 2.75) is 44.9 Å². The van der Waals surface area contributed by atoms with Crippen LogP contribution in [0.15, 0.2) is 127 Å². The van der Waals surface area contributed by atoms with Gasteiger partial charge in [0, 0.05) is 44.2 Å². The van der Waals surface area contributed by atoms with Gasteiger partial charge in [-0.2, -0.15) is 0 Å². The zero-order valence-electron chi connectivity index (χ0n) is 27.8. The zero-order valence-corrected chi connectivity index (χ0v) is 28.6. The van der Waals surface area contributed by atoms with Crippen LogP contribution in [-0.4, -0.2) is 6.71 Å². The molecule has 11 rings (SSSR count). The maximum absolute atomic E-state index is 2.60. The highest BCUT2D eigenvalue weighted by Gasteiger charge is 2.48. The van der Waals surface area contributed by atoms with Gasteiger partial charge < -0.3 is 9.80 Å². The maximum atomic E-state index is 2.60. The van der Waals surface area contributed by atoms with Crippen molar-refractivity contribution in [2.75, 3.05) is 9.80 Å². The molecule has 0 atom stereocenters. The number of anilines is 6. The fourth-order valence-electron chi connectivity index (χ4n) is 9.26. The van der Waals surface area contributed by atoms with E-state index in [1.165, 1.54) is 119 Å². The molecular weight excluding hydrogens is 611 g/mol. The molecule has 0 fully saturated rings. The molecule has 2 nitrogen and oxygen atoms in total. The molecule has 1 aromatic heterocycles. The van der Waals surface area contributed by atoms with Crippen LogP contribution in [0.3, 0.4) is 0 Å². The Kier molecular flexibility index (Phi) is 5.68. The lowest BCUT2D eigenvalue weighted by Gasteiger charge is -2.45. The quantitative estimate of drug-likeness (QED) is 0.176. The summed E-state index contributed by atoms with van der Waals surface area (Å²) in [5.74, 6) is 0. The molecule has 0 spiro atoms. The second-order valence-electron chi connectivity index (χ2n) is 14.8. The van der Waals surface area contributed by atoms with E-state index in [1.54, 1.807) is 0 Å². The number of thiophene rings is 1. The van der Waals surface area contributed by atoms with Crippen molar-refractivity contribution in [3.8, 4) is 0 Å². The van der Waals surface area contributed by atoms with Crippen LogP contribution >= 0.6 is 11.3 Å². The van der Waals surface area contributed by atoms with E-state index in [0.717, 1.165) is 0 Å². The minimum atomic E-state index is -0.165. The number of aryl methyl sites for hydroxylation is 4. The molecule has 6 aromatic carbocycles. The molecule has 4 aliphatic rings. The molecule has 2 aliphatic carbocycles. The van der Waals surface area contributed by atoms with Gasteiger partial charge in [0.05, 0.1) is 0 Å². The average molecular weight is 647 g/mol. The Labute approximate surface area is 292 Å². The largest absolute Gasteiger partial charge is 0.311 e. The van der Waals surface area contributed by atoms with Crippen molar-refractivity contribution in [3.05, 3.63) is 161 Å². The van der Waals surface area contributed by atoms with Gasteiger partial charge in [0.15, 0.2) is 0 Å². The summed E-state index contributed by atoms with van der Waals surface area (Å²) in [6.45, 7) is 5.15. The number of para-hydroxylation sites is 2. The van der Waals surface area contributed by atoms with E-state index >= 15 is 0 Å². The Bertz CT molecular complexity index is 2460. The van der Waals surface area contributed by atoms with E-state index in [-0.39, 0.29) is 12.1 Å². The Hall–Kier alpha value is -5.06. The second-order valence-corrected chi connectivity index (χ2v) is 15.9. The van der Waals surface area contributed by atoms with Gasteiger partial charge in [0.2, 0.25) is 0 Å². The van der Waals surface area contributed by atoms with Crippen molar-refractivity contribution >= 4 is 78.0 Å². The first-order valence-electron chi connectivity index (χ1n) is 17.7. The maximum Gasteiger partial charge on any atom is 0.259 e. The third-order valence-electron chi connectivity index (χ3n) is 11.8. The normalized spacial score (nSPS) is 15.7. The molecule has 0 radical (unpaired) electrons. The van der Waals surface area contributed by atoms with Crippen molar-refractivity contribution < 1.29 is 0 Å². The smallest absolute Gasteiger partial charge is 0.259 e. The fourth-order valence-corrected chi connectivity index (χ4v) is 10.7. The standard InChI is InChI=1S/C45H35BN2S/c1-45(2)37-14-9-15-39-43(37)46(38-25-30-18-19-31(30)26-40(38)48(39)34-21-20-28-16-17-29(28)24-34)44-42(45)36-27-35(22-23-41(36)49-44)47(32-10-5-3-6-11-32)33-12-7-4-8-13-33/h3-15,20-27H,16-19H2,1-2H3. The van der Waals surface area contributed by atoms with Crippen molar-refractivity contribution in [3.63, 3.8) is 0 Å². The van der Waals surface area contributed by atoms with Crippen LogP contribution in [0.25, 0.3) is 10.1 Å². The third-order valence-corrected chi connectivity index (χ3v) is 13.1. The molecule has 4 heteroatoms. The highest BCUT2D eigenvalue weighted by Crippen LogP contribution is 2.48. The first kappa shape index (κ1) is 27.9. The Morgan fingerprint density at radius 3 is 2.00 bits per heavy atom. The van der Waals surface area contributed by atoms with Crippen LogP contribution in [0.2, 0.25) is 0 Å². The molecule has 49 heavy (non-hydrogen) atoms. The summed E-state index contributed by atoms with van der Waals surface area (Å²) in [5.41, 5.74) is 19.4. The highest BCUT2D eigenvalue weighted by atomic mass is 32.1. The summed E-state index contributed by atoms with van der Waals surface area (Å²) in [5, 5.41) is 1.38. The topological polar surface area (TPSA) is 6.48 Å². The van der Waals surface area contributed by atoms with Crippen LogP contribution < -0.4 is 25.5 Å². The zero-order chi connectivity index (χ0) is 32.4. The van der Waals surface area contributed by atoms with Gasteiger partial charge in [-0.05, 0) is 147 Å². The van der Waals surface area contributed by atoms with Crippen LogP contribution in [0.5, 0.6) is 0 Å².